The minimum atomic E-state index is -0.208. The molecule has 3 nitrogen and oxygen atoms in total. The molecule has 2 atom stereocenters. The summed E-state index contributed by atoms with van der Waals surface area (Å²) in [6, 6.07) is 7.40. The minimum Gasteiger partial charge on any atom is -0.340 e. The summed E-state index contributed by atoms with van der Waals surface area (Å²) in [5.74, 6) is 0.528. The molecule has 1 saturated heterocycles. The number of hydrogen-bond acceptors (Lipinski definition) is 2. The SMILES string of the molecule is O=C(C1CC1c1ccc(F)cc1)N1CCN(C2CCCC2)CC1. The molecule has 1 aliphatic heterocycles. The monoisotopic (exact) mass is 316 g/mol. The number of amides is 1. The molecule has 0 radical (unpaired) electrons. The van der Waals surface area contributed by atoms with Crippen molar-refractivity contribution < 1.29 is 9.18 Å². The Bertz CT molecular complexity index is 559. The summed E-state index contributed by atoms with van der Waals surface area (Å²) in [6.07, 6.45) is 6.33. The number of carbonyl (C=O) groups excluding carboxylic acids is 1. The molecular weight excluding hydrogens is 291 g/mol. The van der Waals surface area contributed by atoms with Crippen LogP contribution in [0.25, 0.3) is 0 Å². The lowest BCUT2D eigenvalue weighted by Gasteiger charge is -2.38. The molecule has 2 saturated carbocycles. The third kappa shape index (κ3) is 3.14. The van der Waals surface area contributed by atoms with Gasteiger partial charge < -0.3 is 4.90 Å². The van der Waals surface area contributed by atoms with Crippen LogP contribution in [0.3, 0.4) is 0 Å². The van der Waals surface area contributed by atoms with Gasteiger partial charge in [0.05, 0.1) is 0 Å². The van der Waals surface area contributed by atoms with E-state index in [4.69, 9.17) is 0 Å². The number of rotatable bonds is 3. The fraction of sp³-hybridized carbons (Fsp3) is 0.632. The van der Waals surface area contributed by atoms with E-state index >= 15 is 0 Å². The molecule has 4 heteroatoms. The zero-order valence-electron chi connectivity index (χ0n) is 13.6. The molecule has 2 aliphatic carbocycles. The number of halogens is 1. The van der Waals surface area contributed by atoms with Crippen LogP contribution in [0.15, 0.2) is 24.3 Å². The summed E-state index contributed by atoms with van der Waals surface area (Å²) in [4.78, 5) is 17.3. The molecule has 3 fully saturated rings. The largest absolute Gasteiger partial charge is 0.340 e. The molecule has 0 aromatic heterocycles. The van der Waals surface area contributed by atoms with Crippen LogP contribution in [-0.2, 0) is 4.79 Å². The Morgan fingerprint density at radius 2 is 1.65 bits per heavy atom. The highest BCUT2D eigenvalue weighted by Crippen LogP contribution is 2.48. The van der Waals surface area contributed by atoms with Gasteiger partial charge in [0, 0.05) is 38.1 Å². The lowest BCUT2D eigenvalue weighted by atomic mass is 10.1. The van der Waals surface area contributed by atoms with Gasteiger partial charge in [0.25, 0.3) is 0 Å². The molecular formula is C19H25FN2O. The van der Waals surface area contributed by atoms with Gasteiger partial charge in [-0.05, 0) is 42.9 Å². The Kier molecular flexibility index (Phi) is 4.10. The van der Waals surface area contributed by atoms with E-state index in [2.05, 4.69) is 9.80 Å². The van der Waals surface area contributed by atoms with Crippen molar-refractivity contribution in [1.82, 2.24) is 9.80 Å². The topological polar surface area (TPSA) is 23.6 Å². The Hall–Kier alpha value is -1.42. The van der Waals surface area contributed by atoms with Gasteiger partial charge in [0.1, 0.15) is 5.82 Å². The average molecular weight is 316 g/mol. The third-order valence-corrected chi connectivity index (χ3v) is 5.87. The normalized spacial score (nSPS) is 29.0. The first kappa shape index (κ1) is 15.1. The molecule has 1 aromatic rings. The fourth-order valence-electron chi connectivity index (χ4n) is 4.36. The summed E-state index contributed by atoms with van der Waals surface area (Å²) in [5.41, 5.74) is 1.11. The molecule has 23 heavy (non-hydrogen) atoms. The van der Waals surface area contributed by atoms with Gasteiger partial charge in [-0.15, -0.1) is 0 Å². The van der Waals surface area contributed by atoms with E-state index in [1.54, 1.807) is 0 Å². The van der Waals surface area contributed by atoms with Crippen LogP contribution in [0.5, 0.6) is 0 Å². The third-order valence-electron chi connectivity index (χ3n) is 5.87. The van der Waals surface area contributed by atoms with Gasteiger partial charge in [-0.25, -0.2) is 4.39 Å². The van der Waals surface area contributed by atoms with Crippen molar-refractivity contribution >= 4 is 5.91 Å². The fourth-order valence-corrected chi connectivity index (χ4v) is 4.36. The first-order valence-corrected chi connectivity index (χ1v) is 9.00. The van der Waals surface area contributed by atoms with Gasteiger partial charge in [0.2, 0.25) is 5.91 Å². The number of benzene rings is 1. The van der Waals surface area contributed by atoms with Gasteiger partial charge >= 0.3 is 0 Å². The molecule has 2 unspecified atom stereocenters. The van der Waals surface area contributed by atoms with E-state index in [0.29, 0.717) is 11.8 Å². The van der Waals surface area contributed by atoms with Crippen molar-refractivity contribution in [1.29, 1.82) is 0 Å². The number of hydrogen-bond donors (Lipinski definition) is 0. The van der Waals surface area contributed by atoms with Crippen LogP contribution >= 0.6 is 0 Å². The van der Waals surface area contributed by atoms with Crippen LogP contribution in [0.2, 0.25) is 0 Å². The molecule has 3 aliphatic rings. The summed E-state index contributed by atoms with van der Waals surface area (Å²) >= 11 is 0. The van der Waals surface area contributed by atoms with E-state index in [0.717, 1.165) is 44.2 Å². The second-order valence-corrected chi connectivity index (χ2v) is 7.30. The highest BCUT2D eigenvalue weighted by atomic mass is 19.1. The van der Waals surface area contributed by atoms with Crippen molar-refractivity contribution in [3.8, 4) is 0 Å². The van der Waals surface area contributed by atoms with E-state index in [1.165, 1.54) is 37.8 Å². The Morgan fingerprint density at radius 3 is 2.30 bits per heavy atom. The van der Waals surface area contributed by atoms with Crippen molar-refractivity contribution in [2.75, 3.05) is 26.2 Å². The van der Waals surface area contributed by atoms with E-state index < -0.39 is 0 Å². The van der Waals surface area contributed by atoms with E-state index in [-0.39, 0.29) is 11.7 Å². The Morgan fingerprint density at radius 1 is 1.00 bits per heavy atom. The van der Waals surface area contributed by atoms with E-state index in [1.807, 2.05) is 12.1 Å². The highest BCUT2D eigenvalue weighted by molar-refractivity contribution is 5.83. The van der Waals surface area contributed by atoms with Gasteiger partial charge in [0.15, 0.2) is 0 Å². The molecule has 0 N–H and O–H groups in total. The second kappa shape index (κ2) is 6.23. The summed E-state index contributed by atoms with van der Waals surface area (Å²) in [7, 11) is 0. The molecule has 124 valence electrons. The second-order valence-electron chi connectivity index (χ2n) is 7.30. The first-order valence-electron chi connectivity index (χ1n) is 9.00. The summed E-state index contributed by atoms with van der Waals surface area (Å²) in [5, 5.41) is 0. The van der Waals surface area contributed by atoms with Crippen LogP contribution in [0, 0.1) is 11.7 Å². The Labute approximate surface area is 137 Å². The quantitative estimate of drug-likeness (QED) is 0.856. The standard InChI is InChI=1S/C19H25FN2O/c20-15-7-5-14(6-8-15)17-13-18(17)19(23)22-11-9-21(10-12-22)16-3-1-2-4-16/h5-8,16-18H,1-4,9-13H2. The van der Waals surface area contributed by atoms with Crippen LogP contribution < -0.4 is 0 Å². The van der Waals surface area contributed by atoms with Crippen LogP contribution in [0.1, 0.15) is 43.6 Å². The maximum absolute atomic E-state index is 13.0. The molecule has 1 heterocycles. The number of nitrogens with zero attached hydrogens (tertiary/aromatic N) is 2. The predicted octanol–water partition coefficient (Wildman–Crippen LogP) is 3.02. The maximum Gasteiger partial charge on any atom is 0.226 e. The number of piperazine rings is 1. The zero-order chi connectivity index (χ0) is 15.8. The summed E-state index contributed by atoms with van der Waals surface area (Å²) in [6.45, 7) is 3.82. The molecule has 1 aromatic carbocycles. The van der Waals surface area contributed by atoms with Crippen molar-refractivity contribution in [2.45, 2.75) is 44.1 Å². The molecule has 1 amide bonds. The van der Waals surface area contributed by atoms with Crippen molar-refractivity contribution in [3.05, 3.63) is 35.6 Å². The minimum absolute atomic E-state index is 0.124. The molecule has 4 rings (SSSR count). The van der Waals surface area contributed by atoms with Crippen LogP contribution in [0.4, 0.5) is 4.39 Å². The Balaban J connectivity index is 1.30. The smallest absolute Gasteiger partial charge is 0.226 e. The van der Waals surface area contributed by atoms with E-state index in [9.17, 15) is 9.18 Å². The van der Waals surface area contributed by atoms with Gasteiger partial charge in [-0.2, -0.15) is 0 Å². The lowest BCUT2D eigenvalue weighted by molar-refractivity contribution is -0.134. The summed E-state index contributed by atoms with van der Waals surface area (Å²) < 4.78 is 13.0. The number of carbonyl (C=O) groups is 1. The van der Waals surface area contributed by atoms with Gasteiger partial charge in [-0.1, -0.05) is 25.0 Å². The predicted molar refractivity (Wildman–Crippen MR) is 87.7 cm³/mol. The highest BCUT2D eigenvalue weighted by Gasteiger charge is 2.46. The molecule has 0 bridgehead atoms. The maximum atomic E-state index is 13.0. The van der Waals surface area contributed by atoms with Crippen LogP contribution in [-0.4, -0.2) is 47.9 Å². The zero-order valence-corrected chi connectivity index (χ0v) is 13.6. The van der Waals surface area contributed by atoms with Gasteiger partial charge in [-0.3, -0.25) is 9.69 Å². The van der Waals surface area contributed by atoms with Crippen molar-refractivity contribution in [2.24, 2.45) is 5.92 Å². The van der Waals surface area contributed by atoms with Crippen molar-refractivity contribution in [3.63, 3.8) is 0 Å². The lowest BCUT2D eigenvalue weighted by Crippen LogP contribution is -2.51. The molecule has 0 spiro atoms. The first-order chi connectivity index (χ1) is 11.2. The average Bonchev–Trinajstić information content (AvgIpc) is 3.19.